The van der Waals surface area contributed by atoms with E-state index in [1.165, 1.54) is 11.0 Å². The molecule has 2 aromatic rings. The van der Waals surface area contributed by atoms with Gasteiger partial charge in [-0.25, -0.2) is 18.6 Å². The summed E-state index contributed by atoms with van der Waals surface area (Å²) in [5.41, 5.74) is -1.03. The van der Waals surface area contributed by atoms with Crippen molar-refractivity contribution in [2.45, 2.75) is 89.9 Å². The van der Waals surface area contributed by atoms with Gasteiger partial charge in [-0.05, 0) is 58.1 Å². The average molecular weight is 450 g/mol. The van der Waals surface area contributed by atoms with E-state index in [9.17, 15) is 23.8 Å². The maximum atomic E-state index is 14.7. The van der Waals surface area contributed by atoms with Crippen molar-refractivity contribution in [3.05, 3.63) is 53.1 Å². The molecule has 6 nitrogen and oxygen atoms in total. The summed E-state index contributed by atoms with van der Waals surface area (Å²) in [5, 5.41) is 21.3. The van der Waals surface area contributed by atoms with Crippen molar-refractivity contribution < 1.29 is 23.8 Å². The Balaban J connectivity index is 2.19. The van der Waals surface area contributed by atoms with E-state index in [-0.39, 0.29) is 12.1 Å². The molecule has 3 rings (SSSR count). The third-order valence-corrected chi connectivity index (χ3v) is 6.68. The highest BCUT2D eigenvalue weighted by molar-refractivity contribution is 5.66. The molecule has 0 aliphatic carbocycles. The molecule has 0 saturated carbocycles. The molecule has 0 saturated heterocycles. The number of hydrogen-bond donors (Lipinski definition) is 2. The van der Waals surface area contributed by atoms with Crippen LogP contribution in [-0.2, 0) is 12.1 Å². The summed E-state index contributed by atoms with van der Waals surface area (Å²) < 4.78 is 30.5. The molecule has 32 heavy (non-hydrogen) atoms. The zero-order valence-corrected chi connectivity index (χ0v) is 19.4. The van der Waals surface area contributed by atoms with Crippen molar-refractivity contribution in [1.82, 2.24) is 14.5 Å². The third-order valence-electron chi connectivity index (χ3n) is 6.68. The summed E-state index contributed by atoms with van der Waals surface area (Å²) in [6.07, 6.45) is 2.26. The Morgan fingerprint density at radius 2 is 1.88 bits per heavy atom. The normalized spacial score (nSPS) is 19.4. The van der Waals surface area contributed by atoms with Crippen LogP contribution in [0.3, 0.4) is 0 Å². The van der Waals surface area contributed by atoms with E-state index < -0.39 is 40.8 Å². The van der Waals surface area contributed by atoms with Crippen LogP contribution in [0.5, 0.6) is 0 Å². The van der Waals surface area contributed by atoms with Gasteiger partial charge in [0.1, 0.15) is 11.4 Å². The van der Waals surface area contributed by atoms with Crippen LogP contribution in [0.2, 0.25) is 0 Å². The van der Waals surface area contributed by atoms with Gasteiger partial charge in [-0.15, -0.1) is 0 Å². The smallest absolute Gasteiger partial charge is 0.408 e. The van der Waals surface area contributed by atoms with Crippen LogP contribution in [0, 0.1) is 11.6 Å². The molecule has 0 fully saturated rings. The second-order valence-electron chi connectivity index (χ2n) is 9.61. The lowest BCUT2D eigenvalue weighted by Crippen LogP contribution is -2.47. The second kappa shape index (κ2) is 8.81. The number of aromatic nitrogens is 2. The lowest BCUT2D eigenvalue weighted by molar-refractivity contribution is 0.0195. The maximum absolute atomic E-state index is 14.7. The molecule has 176 valence electrons. The first kappa shape index (κ1) is 24.2. The molecular weight excluding hydrogens is 416 g/mol. The molecule has 2 N–H and O–H groups in total. The summed E-state index contributed by atoms with van der Waals surface area (Å²) >= 11 is 0. The first-order valence-corrected chi connectivity index (χ1v) is 11.2. The van der Waals surface area contributed by atoms with E-state index in [0.717, 1.165) is 6.07 Å². The minimum absolute atomic E-state index is 0.255. The summed E-state index contributed by atoms with van der Waals surface area (Å²) in [6.45, 7) is 9.48. The van der Waals surface area contributed by atoms with E-state index in [4.69, 9.17) is 0 Å². The molecule has 1 amide bonds. The van der Waals surface area contributed by atoms with Gasteiger partial charge in [-0.1, -0.05) is 26.0 Å². The monoisotopic (exact) mass is 449 g/mol. The van der Waals surface area contributed by atoms with Crippen LogP contribution in [0.15, 0.2) is 24.4 Å². The number of aliphatic hydroxyl groups is 1. The number of halogens is 2. The molecule has 8 heteroatoms. The summed E-state index contributed by atoms with van der Waals surface area (Å²) in [5.74, 6) is -1.66. The molecule has 0 bridgehead atoms. The molecule has 1 aliphatic rings. The molecule has 1 aliphatic heterocycles. The maximum Gasteiger partial charge on any atom is 0.408 e. The predicted octanol–water partition coefficient (Wildman–Crippen LogP) is 5.57. The lowest BCUT2D eigenvalue weighted by atomic mass is 9.91. The molecular formula is C24H33F2N3O3. The van der Waals surface area contributed by atoms with Gasteiger partial charge in [0.2, 0.25) is 0 Å². The number of carbonyl (C=O) groups is 1. The van der Waals surface area contributed by atoms with Gasteiger partial charge in [0.05, 0.1) is 17.9 Å². The summed E-state index contributed by atoms with van der Waals surface area (Å²) in [4.78, 5) is 18.2. The highest BCUT2D eigenvalue weighted by atomic mass is 19.2. The van der Waals surface area contributed by atoms with Gasteiger partial charge in [-0.3, -0.25) is 4.90 Å². The van der Waals surface area contributed by atoms with Gasteiger partial charge in [0, 0.05) is 18.0 Å². The summed E-state index contributed by atoms with van der Waals surface area (Å²) in [7, 11) is 0. The zero-order valence-electron chi connectivity index (χ0n) is 19.4. The molecule has 0 radical (unpaired) electrons. The van der Waals surface area contributed by atoms with E-state index in [2.05, 4.69) is 4.98 Å². The number of hydrogen-bond acceptors (Lipinski definition) is 3. The van der Waals surface area contributed by atoms with Crippen molar-refractivity contribution in [3.8, 4) is 0 Å². The Morgan fingerprint density at radius 1 is 1.22 bits per heavy atom. The Labute approximate surface area is 187 Å². The van der Waals surface area contributed by atoms with Crippen LogP contribution < -0.4 is 0 Å². The topological polar surface area (TPSA) is 78.6 Å². The fourth-order valence-electron chi connectivity index (χ4n) is 4.85. The highest BCUT2D eigenvalue weighted by Gasteiger charge is 2.41. The van der Waals surface area contributed by atoms with E-state index >= 15 is 0 Å². The van der Waals surface area contributed by atoms with Crippen molar-refractivity contribution in [2.75, 3.05) is 0 Å². The standard InChI is InChI=1S/C24H33F2N3O3/c1-6-24(32,7-2)19-13-27-21-18(29(22(30)31)23(3,4)5)12-11-15(14-28(19)21)16-9-8-10-17(25)20(16)26/h8-10,13,15,18,32H,6-7,11-12,14H2,1-5H3,(H,30,31)/t15-,18-/m1/s1. The molecule has 2 heterocycles. The molecule has 1 aromatic carbocycles. The third kappa shape index (κ3) is 4.25. The number of fused-ring (bicyclic) bond motifs is 1. The second-order valence-corrected chi connectivity index (χ2v) is 9.61. The van der Waals surface area contributed by atoms with Gasteiger partial charge in [0.25, 0.3) is 0 Å². The average Bonchev–Trinajstić information content (AvgIpc) is 3.06. The number of benzene rings is 1. The molecule has 1 aromatic heterocycles. The number of amides is 1. The van der Waals surface area contributed by atoms with Gasteiger partial charge < -0.3 is 14.8 Å². The first-order valence-electron chi connectivity index (χ1n) is 11.2. The first-order chi connectivity index (χ1) is 14.9. The Morgan fingerprint density at radius 3 is 2.44 bits per heavy atom. The Bertz CT molecular complexity index is 979. The van der Waals surface area contributed by atoms with Crippen LogP contribution in [0.4, 0.5) is 13.6 Å². The number of carboxylic acid groups (broad SMARTS) is 1. The van der Waals surface area contributed by atoms with Gasteiger partial charge >= 0.3 is 6.09 Å². The molecule has 0 unspecified atom stereocenters. The van der Waals surface area contributed by atoms with E-state index in [1.54, 1.807) is 12.3 Å². The summed E-state index contributed by atoms with van der Waals surface area (Å²) in [6, 6.07) is 3.56. The fraction of sp³-hybridized carbons (Fsp3) is 0.583. The van der Waals surface area contributed by atoms with Crippen LogP contribution in [-0.4, -0.2) is 36.3 Å². The number of rotatable bonds is 5. The van der Waals surface area contributed by atoms with Crippen LogP contribution in [0.25, 0.3) is 0 Å². The largest absolute Gasteiger partial charge is 0.465 e. The number of nitrogens with zero attached hydrogens (tertiary/aromatic N) is 3. The van der Waals surface area contributed by atoms with Gasteiger partial charge in [0.15, 0.2) is 11.6 Å². The van der Waals surface area contributed by atoms with Gasteiger partial charge in [-0.2, -0.15) is 0 Å². The van der Waals surface area contributed by atoms with E-state index in [0.29, 0.717) is 37.2 Å². The van der Waals surface area contributed by atoms with Crippen LogP contribution >= 0.6 is 0 Å². The lowest BCUT2D eigenvalue weighted by Gasteiger charge is -2.39. The molecule has 2 atom stereocenters. The minimum atomic E-state index is -1.15. The van der Waals surface area contributed by atoms with Crippen molar-refractivity contribution in [1.29, 1.82) is 0 Å². The van der Waals surface area contributed by atoms with Crippen molar-refractivity contribution in [3.63, 3.8) is 0 Å². The molecule has 0 spiro atoms. The number of imidazole rings is 1. The van der Waals surface area contributed by atoms with Crippen molar-refractivity contribution >= 4 is 6.09 Å². The minimum Gasteiger partial charge on any atom is -0.465 e. The fourth-order valence-corrected chi connectivity index (χ4v) is 4.85. The quantitative estimate of drug-likeness (QED) is 0.626. The Hall–Kier alpha value is -2.48. The highest BCUT2D eigenvalue weighted by Crippen LogP contribution is 2.42. The predicted molar refractivity (Wildman–Crippen MR) is 117 cm³/mol. The van der Waals surface area contributed by atoms with Crippen molar-refractivity contribution in [2.24, 2.45) is 0 Å². The zero-order chi connectivity index (χ0) is 23.8. The van der Waals surface area contributed by atoms with Crippen LogP contribution in [0.1, 0.15) is 89.3 Å². The van der Waals surface area contributed by atoms with E-state index in [1.807, 2.05) is 39.2 Å². The Kier molecular flexibility index (Phi) is 6.65. The SMILES string of the molecule is CCC(O)(CC)c1cnc2n1C[C@H](c1cccc(F)c1F)CC[C@H]2N(C(=O)O)C(C)(C)C.